The molecule has 5 fully saturated rings. The van der Waals surface area contributed by atoms with Crippen molar-refractivity contribution in [3.05, 3.63) is 283 Å². The molecule has 6 atom stereocenters. The molecule has 0 bridgehead atoms. The van der Waals surface area contributed by atoms with E-state index in [-0.39, 0.29) is 11.6 Å². The number of anilines is 4. The third-order valence-electron chi connectivity index (χ3n) is 29.8. The van der Waals surface area contributed by atoms with Gasteiger partial charge in [-0.1, -0.05) is 88.6 Å². The molecular weight excluding hydrogens is 1700 g/mol. The normalized spacial score (nSPS) is 18.4. The number of nitriles is 2. The minimum Gasteiger partial charge on any atom is -0.371 e. The maximum Gasteiger partial charge on any atom is 0.203 e. The lowest BCUT2D eigenvalue weighted by Gasteiger charge is -2.53. The molecule has 9 aliphatic rings. The Morgan fingerprint density at radius 3 is 1.30 bits per heavy atom. The van der Waals surface area contributed by atoms with Crippen molar-refractivity contribution in [3.63, 3.8) is 0 Å². The van der Waals surface area contributed by atoms with Gasteiger partial charge in [0.2, 0.25) is 5.82 Å². The van der Waals surface area contributed by atoms with E-state index in [9.17, 15) is 8.78 Å². The van der Waals surface area contributed by atoms with Crippen molar-refractivity contribution in [1.82, 2.24) is 97.9 Å². The average Bonchev–Trinajstić information content (AvgIpc) is 1.53. The van der Waals surface area contributed by atoms with Crippen LogP contribution < -0.4 is 24.9 Å². The fourth-order valence-corrected chi connectivity index (χ4v) is 22.1. The molecule has 25 rings (SSSR count). The van der Waals surface area contributed by atoms with Crippen LogP contribution in [0.25, 0.3) is 113 Å². The van der Waals surface area contributed by atoms with Gasteiger partial charge in [0.25, 0.3) is 0 Å². The number of nitrogens with zero attached hydrogens (tertiary/aromatic N) is 25. The number of nitrogens with one attached hydrogen (secondary N) is 1. The van der Waals surface area contributed by atoms with Gasteiger partial charge in [-0.05, 0) is 286 Å². The predicted molar refractivity (Wildman–Crippen MR) is 528 cm³/mol. The summed E-state index contributed by atoms with van der Waals surface area (Å²) >= 11 is 0. The van der Waals surface area contributed by atoms with Crippen LogP contribution in [0, 0.1) is 57.5 Å². The topological polar surface area (TPSA) is 234 Å². The van der Waals surface area contributed by atoms with Crippen LogP contribution in [0.3, 0.4) is 0 Å². The van der Waals surface area contributed by atoms with Crippen molar-refractivity contribution in [3.8, 4) is 125 Å². The summed E-state index contributed by atoms with van der Waals surface area (Å²) in [7, 11) is 8.68. The molecule has 1 saturated carbocycles. The van der Waals surface area contributed by atoms with Crippen molar-refractivity contribution in [2.24, 2.45) is 23.2 Å². The maximum absolute atomic E-state index is 13.5. The fourth-order valence-electron chi connectivity index (χ4n) is 22.1. The Labute approximate surface area is 790 Å². The summed E-state index contributed by atoms with van der Waals surface area (Å²) in [6.07, 6.45) is 23.0. The van der Waals surface area contributed by atoms with E-state index >= 15 is 0 Å². The van der Waals surface area contributed by atoms with Crippen LogP contribution in [0.2, 0.25) is 0 Å². The third kappa shape index (κ3) is 16.6. The highest BCUT2D eigenvalue weighted by molar-refractivity contribution is 5.78. The van der Waals surface area contributed by atoms with Crippen molar-refractivity contribution < 1.29 is 8.78 Å². The van der Waals surface area contributed by atoms with Crippen LogP contribution in [0.15, 0.2) is 238 Å². The summed E-state index contributed by atoms with van der Waals surface area (Å²) in [5, 5.41) is 52.4. The molecule has 26 nitrogen and oxygen atoms in total. The Kier molecular flexibility index (Phi) is 22.9. The molecule has 0 unspecified atom stereocenters. The molecule has 8 aromatic heterocycles. The van der Waals surface area contributed by atoms with Crippen molar-refractivity contribution in [2.75, 3.05) is 107 Å². The smallest absolute Gasteiger partial charge is 0.203 e. The number of aromatic nitrogens is 17. The Morgan fingerprint density at radius 2 is 0.860 bits per heavy atom. The first-order chi connectivity index (χ1) is 66.3. The first-order valence-corrected chi connectivity index (χ1v) is 47.7. The lowest BCUT2D eigenvalue weighted by Crippen LogP contribution is -2.57. The molecule has 8 aliphatic heterocycles. The van der Waals surface area contributed by atoms with E-state index in [1.807, 2.05) is 86.8 Å². The van der Waals surface area contributed by atoms with Crippen LogP contribution in [0.1, 0.15) is 106 Å². The number of rotatable bonds is 14. The summed E-state index contributed by atoms with van der Waals surface area (Å²) in [5.41, 5.74) is 28.6. The van der Waals surface area contributed by atoms with Gasteiger partial charge in [-0.2, -0.15) is 25.4 Å². The summed E-state index contributed by atoms with van der Waals surface area (Å²) in [5.74, 6) is 4.70. The summed E-state index contributed by atoms with van der Waals surface area (Å²) < 4.78 is 43.7. The average molecular weight is 1810 g/mol. The van der Waals surface area contributed by atoms with E-state index in [0.717, 1.165) is 192 Å². The second kappa shape index (κ2) is 35.9. The molecule has 136 heavy (non-hydrogen) atoms. The highest BCUT2D eigenvalue weighted by atomic mass is 19.1. The number of likely N-dealkylation sites (N-methyl/N-ethyl adjacent to an activating group) is 2. The first kappa shape index (κ1) is 86.7. The highest BCUT2D eigenvalue weighted by Gasteiger charge is 2.44. The molecule has 0 radical (unpaired) electrons. The van der Waals surface area contributed by atoms with Crippen molar-refractivity contribution in [1.29, 1.82) is 10.5 Å². The van der Waals surface area contributed by atoms with Gasteiger partial charge in [0, 0.05) is 172 Å². The molecule has 8 aromatic carbocycles. The van der Waals surface area contributed by atoms with E-state index in [1.54, 1.807) is 19.0 Å². The zero-order valence-electron chi connectivity index (χ0n) is 78.1. The highest BCUT2D eigenvalue weighted by Crippen LogP contribution is 2.48. The Balaban J connectivity index is 0.000000105. The second-order valence-corrected chi connectivity index (χ2v) is 39.1. The molecule has 16 aromatic rings. The van der Waals surface area contributed by atoms with Gasteiger partial charge in [0.05, 0.1) is 68.8 Å². The van der Waals surface area contributed by atoms with Crippen molar-refractivity contribution in [2.45, 2.75) is 117 Å². The molecule has 4 saturated heterocycles. The van der Waals surface area contributed by atoms with Crippen LogP contribution in [0.4, 0.5) is 31.5 Å². The van der Waals surface area contributed by atoms with Gasteiger partial charge in [-0.15, -0.1) is 15.3 Å². The number of halogens is 2. The largest absolute Gasteiger partial charge is 0.371 e. The van der Waals surface area contributed by atoms with Gasteiger partial charge in [-0.3, -0.25) is 4.57 Å². The summed E-state index contributed by atoms with van der Waals surface area (Å²) in [4.78, 5) is 23.9. The molecule has 1 spiro atoms. The zero-order chi connectivity index (χ0) is 92.7. The maximum atomic E-state index is 13.5. The van der Waals surface area contributed by atoms with E-state index < -0.39 is 0 Å². The van der Waals surface area contributed by atoms with Gasteiger partial charge >= 0.3 is 0 Å². The van der Waals surface area contributed by atoms with E-state index in [4.69, 9.17) is 10.5 Å². The van der Waals surface area contributed by atoms with Crippen LogP contribution in [-0.4, -0.2) is 198 Å². The lowest BCUT2D eigenvalue weighted by molar-refractivity contribution is 0.139. The minimum atomic E-state index is -0.228. The molecule has 1 N–H and O–H groups in total. The van der Waals surface area contributed by atoms with Crippen LogP contribution in [-0.2, 0) is 26.2 Å². The van der Waals surface area contributed by atoms with Crippen molar-refractivity contribution >= 4 is 22.7 Å². The van der Waals surface area contributed by atoms with E-state index in [1.165, 1.54) is 121 Å². The van der Waals surface area contributed by atoms with Gasteiger partial charge < -0.3 is 53.0 Å². The monoisotopic (exact) mass is 1810 g/mol. The number of benzene rings is 8. The number of hydrogen-bond acceptors (Lipinski definition) is 18. The summed E-state index contributed by atoms with van der Waals surface area (Å²) in [6, 6.07) is 70.2. The minimum absolute atomic E-state index is 0.226. The lowest BCUT2D eigenvalue weighted by atomic mass is 9.68. The Morgan fingerprint density at radius 1 is 0.449 bits per heavy atom. The molecule has 16 heterocycles. The molecule has 0 amide bonds. The second-order valence-electron chi connectivity index (χ2n) is 39.1. The number of fused-ring (bicyclic) bond motifs is 20. The SMILES string of the molecule is CC[C@@H](C)NC[C@@H]1CCN(c2ccc3c(c2)Cn2cc(-c4ccc(F)cc4)cc2-c2ncnn2-3)C1.C[C@H]1CN(c2ccc3c(c2)Cn2cc(-c4ccc(C#N)cc4)cc2-c2nncn2-3)C[C@@H]1N(C)C.C[C@H]1CN(c2ccc3c(c2)Cn2cc(-c4ccc(F)cc4)cc2-c2ncnn2-3)C[C@@H]1N(C)C.N#Cc1ccc(-c2cc3n(c2)Cc2cc(N4CC5(CCCCC5)C4)ccc2-n2nnnc2-3)cc1. The molecule has 1 aliphatic carbocycles. The third-order valence-corrected chi connectivity index (χ3v) is 29.8. The quantitative estimate of drug-likeness (QED) is 0.107. The van der Waals surface area contributed by atoms with Gasteiger partial charge in [0.15, 0.2) is 17.5 Å². The fraction of sp³-hybridized carbons (Fsp3) is 0.324. The predicted octanol–water partition coefficient (Wildman–Crippen LogP) is 18.2. The zero-order valence-corrected chi connectivity index (χ0v) is 78.1. The Hall–Kier alpha value is -14.7. The van der Waals surface area contributed by atoms with Gasteiger partial charge in [-0.25, -0.2) is 28.1 Å². The van der Waals surface area contributed by atoms with E-state index in [0.29, 0.717) is 52.4 Å². The molecule has 686 valence electrons. The summed E-state index contributed by atoms with van der Waals surface area (Å²) in [6.45, 7) is 21.9. The Bertz CT molecular complexity index is 7190. The number of tetrazole rings is 1. The molecular formula is C108H110F2N26. The standard InChI is InChI=1S/C28H31FN6.C27H25N7.C27H27N7.C26H27FN6/c1-3-19(2)30-14-20-10-11-33(15-20)25-8-9-26-23(12-25)17-34-16-22(21-4-6-24(29)7-5-21)13-27(34)28-31-18-32-35(26)28;28-14-19-4-6-20(7-5-19)21-13-25-26-29-30-31-34(26)24-9-8-23(12-22(24)16-32(25)15-21)33-17-27(18-33)10-2-1-3-11-27;1-18-13-32(16-26(18)31(2)3)23-8-9-24-22(10-23)15-33-14-21(20-6-4-19(12-28)5-7-20)11-25(33)27-30-29-17-34(24)27;1-17-12-31(15-25(17)30(2)3)22-8-9-23-20(10-22)14-32-13-19(18-4-6-21(27)7-5-18)11-24(32)26-28-16-29-33(23)26/h4-9,12-13,16,18-20,30H,3,10-11,14-15,17H2,1-2H3;4-9,12-13,15H,1-3,10-11,16-18H2;4-11,14,17-18,26H,13,15-16H2,1-3H3;4-11,13,16-17,25H,12,14-15H2,1-3H3/t19-,20+;;18-,26-;17-,25-/m1.00/s1. The molecule has 28 heteroatoms. The van der Waals surface area contributed by atoms with Gasteiger partial charge in [0.1, 0.15) is 30.6 Å². The number of hydrogen-bond donors (Lipinski definition) is 1. The first-order valence-electron chi connectivity index (χ1n) is 47.7. The van der Waals surface area contributed by atoms with Crippen LogP contribution >= 0.6 is 0 Å². The van der Waals surface area contributed by atoms with E-state index in [2.05, 4.69) is 293 Å². The van der Waals surface area contributed by atoms with Crippen LogP contribution in [0.5, 0.6) is 0 Å².